The summed E-state index contributed by atoms with van der Waals surface area (Å²) >= 11 is 0. The van der Waals surface area contributed by atoms with Crippen LogP contribution in [0.1, 0.15) is 19.3 Å². The molecule has 2 N–H and O–H groups in total. The Kier molecular flexibility index (Phi) is 6.02. The first-order valence-corrected chi connectivity index (χ1v) is 7.17. The average Bonchev–Trinajstić information content (AvgIpc) is 2.47. The van der Waals surface area contributed by atoms with Crippen LogP contribution in [0.5, 0.6) is 5.75 Å². The minimum absolute atomic E-state index is 0.0957. The van der Waals surface area contributed by atoms with Gasteiger partial charge in [0.05, 0.1) is 0 Å². The molecule has 20 heavy (non-hydrogen) atoms. The smallest absolute Gasteiger partial charge is 0.165 e. The van der Waals surface area contributed by atoms with Gasteiger partial charge in [0.15, 0.2) is 11.6 Å². The van der Waals surface area contributed by atoms with Crippen molar-refractivity contribution in [3.63, 3.8) is 0 Å². The van der Waals surface area contributed by atoms with Crippen LogP contribution in [-0.4, -0.2) is 30.9 Å². The molecule has 1 aromatic rings. The highest BCUT2D eigenvalue weighted by Crippen LogP contribution is 2.17. The van der Waals surface area contributed by atoms with E-state index in [-0.39, 0.29) is 12.4 Å². The van der Waals surface area contributed by atoms with Gasteiger partial charge in [-0.2, -0.15) is 0 Å². The molecular weight excluding hydrogens is 257 g/mol. The third kappa shape index (κ3) is 4.94. The first-order valence-electron chi connectivity index (χ1n) is 7.17. The second-order valence-corrected chi connectivity index (χ2v) is 5.20. The topological polar surface area (TPSA) is 41.5 Å². The van der Waals surface area contributed by atoms with E-state index in [4.69, 9.17) is 4.74 Å². The van der Waals surface area contributed by atoms with Crippen LogP contribution in [-0.2, 0) is 0 Å². The third-order valence-electron chi connectivity index (χ3n) is 3.46. The molecule has 2 atom stereocenters. The maximum Gasteiger partial charge on any atom is 0.165 e. The molecule has 2 unspecified atom stereocenters. The molecule has 0 bridgehead atoms. The van der Waals surface area contributed by atoms with Crippen LogP contribution in [0.25, 0.3) is 0 Å². The van der Waals surface area contributed by atoms with Gasteiger partial charge in [-0.15, -0.1) is 0 Å². The lowest BCUT2D eigenvalue weighted by Gasteiger charge is -2.19. The Morgan fingerprint density at radius 3 is 2.95 bits per heavy atom. The number of aliphatic hydroxyl groups excluding tert-OH is 1. The summed E-state index contributed by atoms with van der Waals surface area (Å²) in [6.45, 7) is 1.47. The van der Waals surface area contributed by atoms with Gasteiger partial charge in [0.2, 0.25) is 0 Å². The van der Waals surface area contributed by atoms with Crippen molar-refractivity contribution >= 4 is 0 Å². The number of ether oxygens (including phenoxy) is 1. The molecule has 1 aliphatic rings. The Balaban J connectivity index is 1.62. The average molecular weight is 279 g/mol. The number of hydrogen-bond acceptors (Lipinski definition) is 3. The largest absolute Gasteiger partial charge is 0.488 e. The van der Waals surface area contributed by atoms with Gasteiger partial charge in [-0.25, -0.2) is 4.39 Å². The van der Waals surface area contributed by atoms with Crippen molar-refractivity contribution in [2.45, 2.75) is 25.4 Å². The summed E-state index contributed by atoms with van der Waals surface area (Å²) in [5.74, 6) is 0.435. The van der Waals surface area contributed by atoms with E-state index in [1.807, 2.05) is 0 Å². The van der Waals surface area contributed by atoms with Crippen molar-refractivity contribution in [3.8, 4) is 5.75 Å². The molecular formula is C16H22FNO2. The van der Waals surface area contributed by atoms with Crippen LogP contribution in [0.4, 0.5) is 4.39 Å². The van der Waals surface area contributed by atoms with E-state index in [1.54, 1.807) is 18.2 Å². The summed E-state index contributed by atoms with van der Waals surface area (Å²) in [6.07, 6.45) is 7.25. The number of rotatable bonds is 7. The normalized spacial score (nSPS) is 19.8. The fraction of sp³-hybridized carbons (Fsp3) is 0.500. The molecule has 0 aliphatic heterocycles. The Labute approximate surface area is 119 Å². The van der Waals surface area contributed by atoms with E-state index in [1.165, 1.54) is 12.5 Å². The Morgan fingerprint density at radius 1 is 1.35 bits per heavy atom. The number of allylic oxidation sites excluding steroid dienone is 2. The van der Waals surface area contributed by atoms with Crippen molar-refractivity contribution in [2.24, 2.45) is 5.92 Å². The first-order chi connectivity index (χ1) is 9.75. The quantitative estimate of drug-likeness (QED) is 0.754. The first kappa shape index (κ1) is 15.0. The zero-order chi connectivity index (χ0) is 14.2. The van der Waals surface area contributed by atoms with Gasteiger partial charge in [0.1, 0.15) is 12.7 Å². The zero-order valence-electron chi connectivity index (χ0n) is 11.6. The van der Waals surface area contributed by atoms with E-state index >= 15 is 0 Å². The fourth-order valence-electron chi connectivity index (χ4n) is 2.30. The molecule has 0 saturated heterocycles. The summed E-state index contributed by atoms with van der Waals surface area (Å²) in [4.78, 5) is 0. The lowest BCUT2D eigenvalue weighted by atomic mass is 9.94. The SMILES string of the molecule is OC(CNCC1CC=CCC1)COc1ccccc1F. The number of nitrogens with one attached hydrogen (secondary N) is 1. The number of hydrogen-bond donors (Lipinski definition) is 2. The molecule has 0 saturated carbocycles. The summed E-state index contributed by atoms with van der Waals surface area (Å²) in [5.41, 5.74) is 0. The third-order valence-corrected chi connectivity index (χ3v) is 3.46. The summed E-state index contributed by atoms with van der Waals surface area (Å²) in [5, 5.41) is 13.1. The van der Waals surface area contributed by atoms with Crippen molar-refractivity contribution < 1.29 is 14.2 Å². The Morgan fingerprint density at radius 2 is 2.20 bits per heavy atom. The molecule has 1 aromatic carbocycles. The van der Waals surface area contributed by atoms with Crippen LogP contribution in [0.3, 0.4) is 0 Å². The Hall–Kier alpha value is -1.39. The number of para-hydroxylation sites is 1. The summed E-state index contributed by atoms with van der Waals surface area (Å²) in [6, 6.07) is 6.22. The lowest BCUT2D eigenvalue weighted by Crippen LogP contribution is -2.34. The molecule has 1 aliphatic carbocycles. The van der Waals surface area contributed by atoms with Gasteiger partial charge in [-0.3, -0.25) is 0 Å². The molecule has 0 aromatic heterocycles. The molecule has 4 heteroatoms. The highest BCUT2D eigenvalue weighted by atomic mass is 19.1. The second kappa shape index (κ2) is 8.02. The highest BCUT2D eigenvalue weighted by molar-refractivity contribution is 5.23. The molecule has 0 heterocycles. The number of aliphatic hydroxyl groups is 1. The van der Waals surface area contributed by atoms with Crippen molar-refractivity contribution in [1.82, 2.24) is 5.32 Å². The van der Waals surface area contributed by atoms with E-state index in [0.29, 0.717) is 12.5 Å². The van der Waals surface area contributed by atoms with Crippen LogP contribution in [0.15, 0.2) is 36.4 Å². The van der Waals surface area contributed by atoms with Crippen molar-refractivity contribution in [2.75, 3.05) is 19.7 Å². The minimum Gasteiger partial charge on any atom is -0.488 e. The van der Waals surface area contributed by atoms with Crippen LogP contribution in [0.2, 0.25) is 0 Å². The number of halogens is 1. The van der Waals surface area contributed by atoms with Crippen LogP contribution in [0, 0.1) is 11.7 Å². The molecule has 0 radical (unpaired) electrons. The second-order valence-electron chi connectivity index (χ2n) is 5.20. The van der Waals surface area contributed by atoms with E-state index in [2.05, 4.69) is 17.5 Å². The summed E-state index contributed by atoms with van der Waals surface area (Å²) in [7, 11) is 0. The molecule has 0 amide bonds. The van der Waals surface area contributed by atoms with Gasteiger partial charge in [-0.05, 0) is 43.9 Å². The maximum absolute atomic E-state index is 13.3. The zero-order valence-corrected chi connectivity index (χ0v) is 11.6. The molecule has 0 spiro atoms. The summed E-state index contributed by atoms with van der Waals surface area (Å²) < 4.78 is 18.6. The van der Waals surface area contributed by atoms with Crippen molar-refractivity contribution in [1.29, 1.82) is 0 Å². The predicted octanol–water partition coefficient (Wildman–Crippen LogP) is 2.51. The molecule has 0 fully saturated rings. The van der Waals surface area contributed by atoms with Gasteiger partial charge >= 0.3 is 0 Å². The lowest BCUT2D eigenvalue weighted by molar-refractivity contribution is 0.103. The number of benzene rings is 1. The van der Waals surface area contributed by atoms with E-state index < -0.39 is 11.9 Å². The highest BCUT2D eigenvalue weighted by Gasteiger charge is 2.11. The maximum atomic E-state index is 13.3. The van der Waals surface area contributed by atoms with E-state index in [9.17, 15) is 9.50 Å². The predicted molar refractivity (Wildman–Crippen MR) is 77.3 cm³/mol. The fourth-order valence-corrected chi connectivity index (χ4v) is 2.30. The monoisotopic (exact) mass is 279 g/mol. The molecule has 3 nitrogen and oxygen atoms in total. The van der Waals surface area contributed by atoms with Crippen molar-refractivity contribution in [3.05, 3.63) is 42.2 Å². The van der Waals surface area contributed by atoms with Gasteiger partial charge in [0.25, 0.3) is 0 Å². The Bertz CT molecular complexity index is 436. The molecule has 2 rings (SSSR count). The van der Waals surface area contributed by atoms with E-state index in [0.717, 1.165) is 19.4 Å². The van der Waals surface area contributed by atoms with Gasteiger partial charge < -0.3 is 15.2 Å². The van der Waals surface area contributed by atoms with Gasteiger partial charge in [-0.1, -0.05) is 24.3 Å². The minimum atomic E-state index is -0.631. The van der Waals surface area contributed by atoms with Crippen LogP contribution >= 0.6 is 0 Å². The standard InChI is InChI=1S/C16H22FNO2/c17-15-8-4-5-9-16(15)20-12-14(19)11-18-10-13-6-2-1-3-7-13/h1-2,4-5,8-9,13-14,18-19H,3,6-7,10-12H2. The van der Waals surface area contributed by atoms with Gasteiger partial charge in [0, 0.05) is 6.54 Å². The van der Waals surface area contributed by atoms with Crippen LogP contribution < -0.4 is 10.1 Å². The molecule has 110 valence electrons.